The molecule has 4 heteroatoms. The minimum Gasteiger partial charge on any atom is -0.456 e. The van der Waals surface area contributed by atoms with E-state index in [1.807, 2.05) is 0 Å². The number of hydrogen-bond acceptors (Lipinski definition) is 4. The fraction of sp³-hybridized carbons (Fsp3) is 0. The molecule has 9 aromatic rings. The van der Waals surface area contributed by atoms with Gasteiger partial charge in [-0.25, -0.2) is 15.0 Å². The Morgan fingerprint density at radius 1 is 0.426 bits per heavy atom. The topological polar surface area (TPSA) is 51.8 Å². The van der Waals surface area contributed by atoms with Crippen LogP contribution in [0.5, 0.6) is 0 Å². The molecule has 2 heterocycles. The van der Waals surface area contributed by atoms with Gasteiger partial charge in [0.15, 0.2) is 17.5 Å². The van der Waals surface area contributed by atoms with Crippen molar-refractivity contribution in [2.24, 2.45) is 0 Å². The maximum atomic E-state index is 9.85. The predicted molar refractivity (Wildman–Crippen MR) is 192 cm³/mol. The third kappa shape index (κ3) is 4.84. The lowest BCUT2D eigenvalue weighted by Crippen LogP contribution is -2.00. The third-order valence-corrected chi connectivity index (χ3v) is 7.59. The Labute approximate surface area is 292 Å². The number of benzene rings is 7. The van der Waals surface area contributed by atoms with E-state index in [9.17, 15) is 6.85 Å². The highest BCUT2D eigenvalue weighted by atomic mass is 16.3. The highest BCUT2D eigenvalue weighted by Crippen LogP contribution is 2.40. The number of fused-ring (bicyclic) bond motifs is 4. The largest absolute Gasteiger partial charge is 0.456 e. The van der Waals surface area contributed by atoms with Gasteiger partial charge in [-0.3, -0.25) is 0 Å². The predicted octanol–water partition coefficient (Wildman–Crippen LogP) is 11.3. The fourth-order valence-corrected chi connectivity index (χ4v) is 5.39. The molecule has 0 saturated carbocycles. The van der Waals surface area contributed by atoms with E-state index in [4.69, 9.17) is 33.1 Å². The molecule has 9 rings (SSSR count). The zero-order chi connectivity index (χ0) is 44.2. The highest BCUT2D eigenvalue weighted by Gasteiger charge is 2.19. The van der Waals surface area contributed by atoms with Crippen LogP contribution in [0, 0.1) is 0 Å². The molecule has 0 aliphatic heterocycles. The second kappa shape index (κ2) is 11.2. The molecule has 0 spiro atoms. The molecule has 0 fully saturated rings. The van der Waals surface area contributed by atoms with Gasteiger partial charge < -0.3 is 4.42 Å². The molecule has 47 heavy (non-hydrogen) atoms. The molecule has 220 valence electrons. The SMILES string of the molecule is [2H]c1cc(-c2cc([2H])c([2H])c3c([2H])c([2H])c([2H])c([2H])c23)c([2H])c([2H])c1-c1c([2H])c(-c2nc(-c3ccccc3)nc(-c3ccccc3)n2)c2c(oc3c([2H])c([2H])c([2H])c([2H])c32)c1[2H]. The number of aromatic nitrogens is 3. The van der Waals surface area contributed by atoms with Crippen LogP contribution < -0.4 is 0 Å². The van der Waals surface area contributed by atoms with Crippen molar-refractivity contribution in [1.82, 2.24) is 15.0 Å². The van der Waals surface area contributed by atoms with Crippen molar-refractivity contribution in [2.45, 2.75) is 0 Å². The second-order valence-electron chi connectivity index (χ2n) is 10.5. The monoisotopic (exact) mass is 616 g/mol. The maximum absolute atomic E-state index is 9.85. The van der Waals surface area contributed by atoms with Gasteiger partial charge in [-0.05, 0) is 51.2 Å². The summed E-state index contributed by atoms with van der Waals surface area (Å²) in [5, 5.41) is -0.733. The average molecular weight is 617 g/mol. The lowest BCUT2D eigenvalue weighted by Gasteiger charge is -2.12. The van der Waals surface area contributed by atoms with Crippen molar-refractivity contribution in [2.75, 3.05) is 0 Å². The Morgan fingerprint density at radius 2 is 1.06 bits per heavy atom. The van der Waals surface area contributed by atoms with Gasteiger partial charge in [0.2, 0.25) is 0 Å². The summed E-state index contributed by atoms with van der Waals surface area (Å²) in [7, 11) is 0. The average Bonchev–Trinajstić information content (AvgIpc) is 3.68. The highest BCUT2D eigenvalue weighted by molar-refractivity contribution is 6.13. The van der Waals surface area contributed by atoms with Gasteiger partial charge in [-0.1, -0.05) is 145 Å². The Hall–Kier alpha value is -6.39. The summed E-state index contributed by atoms with van der Waals surface area (Å²) in [5.41, 5.74) is -0.784. The lowest BCUT2D eigenvalue weighted by molar-refractivity contribution is 0.669. The van der Waals surface area contributed by atoms with Crippen LogP contribution >= 0.6 is 0 Å². The number of hydrogen-bond donors (Lipinski definition) is 0. The van der Waals surface area contributed by atoms with Gasteiger partial charge in [0.1, 0.15) is 11.2 Å². The van der Waals surface area contributed by atoms with Gasteiger partial charge in [-0.15, -0.1) is 0 Å². The fourth-order valence-electron chi connectivity index (χ4n) is 5.39. The summed E-state index contributed by atoms with van der Waals surface area (Å²) in [6, 6.07) is 11.5. The Balaban J connectivity index is 1.41. The van der Waals surface area contributed by atoms with E-state index in [-0.39, 0.29) is 66.9 Å². The van der Waals surface area contributed by atoms with Crippen LogP contribution in [-0.2, 0) is 0 Å². The van der Waals surface area contributed by atoms with Crippen molar-refractivity contribution in [3.8, 4) is 56.4 Å². The van der Waals surface area contributed by atoms with Crippen molar-refractivity contribution in [3.05, 3.63) is 163 Å². The van der Waals surface area contributed by atoms with Crippen LogP contribution in [-0.4, -0.2) is 15.0 Å². The van der Waals surface area contributed by atoms with Crippen molar-refractivity contribution in [1.29, 1.82) is 0 Å². The lowest BCUT2D eigenvalue weighted by atomic mass is 9.94. The third-order valence-electron chi connectivity index (χ3n) is 7.59. The van der Waals surface area contributed by atoms with E-state index >= 15 is 0 Å². The summed E-state index contributed by atoms with van der Waals surface area (Å²) in [6.07, 6.45) is 0. The van der Waals surface area contributed by atoms with E-state index in [1.165, 1.54) is 0 Å². The van der Waals surface area contributed by atoms with Gasteiger partial charge in [-0.2, -0.15) is 0 Å². The molecule has 0 aliphatic carbocycles. The smallest absolute Gasteiger partial charge is 0.164 e. The quantitative estimate of drug-likeness (QED) is 0.193. The first-order chi connectivity index (χ1) is 29.5. The van der Waals surface area contributed by atoms with E-state index in [1.54, 1.807) is 60.7 Å². The van der Waals surface area contributed by atoms with Crippen molar-refractivity contribution < 1.29 is 25.0 Å². The first kappa shape index (κ1) is 15.7. The van der Waals surface area contributed by atoms with E-state index in [0.29, 0.717) is 11.1 Å². The normalized spacial score (nSPS) is 15.9. The van der Waals surface area contributed by atoms with Crippen molar-refractivity contribution >= 4 is 32.7 Å². The van der Waals surface area contributed by atoms with Crippen LogP contribution in [0.15, 0.2) is 168 Å². The van der Waals surface area contributed by atoms with E-state index < -0.39 is 102 Å². The van der Waals surface area contributed by atoms with Crippen LogP contribution in [0.3, 0.4) is 0 Å². The summed E-state index contributed by atoms with van der Waals surface area (Å²) >= 11 is 0. The molecular weight excluding hydrogens is 574 g/mol. The molecule has 2 aromatic heterocycles. The summed E-state index contributed by atoms with van der Waals surface area (Å²) in [6.45, 7) is 0. The van der Waals surface area contributed by atoms with Crippen LogP contribution in [0.25, 0.3) is 89.1 Å². The number of nitrogens with zero attached hydrogens (tertiary/aromatic N) is 3. The van der Waals surface area contributed by atoms with Gasteiger partial charge >= 0.3 is 0 Å². The summed E-state index contributed by atoms with van der Waals surface area (Å²) in [4.78, 5) is 14.3. The number of para-hydroxylation sites is 1. The number of rotatable bonds is 5. The molecule has 0 radical (unpaired) electrons. The van der Waals surface area contributed by atoms with Crippen LogP contribution in [0.4, 0.5) is 0 Å². The molecule has 0 N–H and O–H groups in total. The summed E-state index contributed by atoms with van der Waals surface area (Å²) in [5.74, 6) is 0.181. The summed E-state index contributed by atoms with van der Waals surface area (Å²) < 4.78 is 139. The molecule has 0 unspecified atom stereocenters. The zero-order valence-electron chi connectivity index (χ0n) is 39.2. The Morgan fingerprint density at radius 3 is 1.83 bits per heavy atom. The zero-order valence-corrected chi connectivity index (χ0v) is 24.2. The molecule has 0 amide bonds. The molecule has 0 saturated heterocycles. The van der Waals surface area contributed by atoms with Crippen molar-refractivity contribution in [3.63, 3.8) is 0 Å². The van der Waals surface area contributed by atoms with Gasteiger partial charge in [0.05, 0.1) is 20.6 Å². The van der Waals surface area contributed by atoms with Crippen LogP contribution in [0.2, 0.25) is 0 Å². The second-order valence-corrected chi connectivity index (χ2v) is 10.5. The Kier molecular flexibility index (Phi) is 3.75. The van der Waals surface area contributed by atoms with E-state index in [0.717, 1.165) is 12.1 Å². The van der Waals surface area contributed by atoms with Gasteiger partial charge in [0.25, 0.3) is 0 Å². The molecule has 0 aliphatic rings. The van der Waals surface area contributed by atoms with Gasteiger partial charge in [0, 0.05) is 27.5 Å². The molecule has 0 bridgehead atoms. The first-order valence-corrected chi connectivity index (χ1v) is 14.5. The standard InChI is InChI=1S/C43H27N3O/c1-3-13-31(14-4-1)41-44-42(32-15-5-2-6-16-32)46-43(45-41)37-26-33(27-39-40(37)36-19-9-10-21-38(36)47-39)28-22-24-30(25-23-28)35-20-11-17-29-12-7-8-18-34(29)35/h1-27H/i7D,8D,9D,10D,11D,12D,17D,18D,19D,21D,22D,23D,24D,26D,27D. The Bertz CT molecular complexity index is 3360. The first-order valence-electron chi connectivity index (χ1n) is 22.0. The molecule has 0 atom stereocenters. The molecule has 4 nitrogen and oxygen atoms in total. The minimum atomic E-state index is -0.679. The molecule has 7 aromatic carbocycles. The number of furan rings is 1. The maximum Gasteiger partial charge on any atom is 0.164 e. The van der Waals surface area contributed by atoms with Crippen LogP contribution in [0.1, 0.15) is 20.6 Å². The molecular formula is C43H27N3O. The van der Waals surface area contributed by atoms with E-state index in [2.05, 4.69) is 0 Å². The minimum absolute atomic E-state index is 0.102.